The molecule has 0 aromatic rings. The lowest BCUT2D eigenvalue weighted by molar-refractivity contribution is -0.184. The van der Waals surface area contributed by atoms with Gasteiger partial charge in [-0.1, -0.05) is 0 Å². The van der Waals surface area contributed by atoms with Gasteiger partial charge in [-0.05, 0) is 12.8 Å². The zero-order chi connectivity index (χ0) is 10.5. The first-order chi connectivity index (χ1) is 6.46. The molecule has 14 heavy (non-hydrogen) atoms. The first-order valence-electron chi connectivity index (χ1n) is 4.55. The lowest BCUT2D eigenvalue weighted by atomic mass is 9.86. The Hall–Kier alpha value is -0.690. The van der Waals surface area contributed by atoms with Crippen molar-refractivity contribution in [2.75, 3.05) is 0 Å². The first kappa shape index (κ1) is 9.85. The topological polar surface area (TPSA) is 110 Å². The van der Waals surface area contributed by atoms with Crippen molar-refractivity contribution in [2.45, 2.75) is 36.8 Å². The SMILES string of the molecule is O=C(O)C1C2CCC(O)(N2)C(O)C1O. The van der Waals surface area contributed by atoms with Crippen LogP contribution in [-0.4, -0.2) is 50.4 Å². The second-order valence-electron chi connectivity index (χ2n) is 4.01. The van der Waals surface area contributed by atoms with E-state index in [0.717, 1.165) is 0 Å². The number of fused-ring (bicyclic) bond motifs is 2. The summed E-state index contributed by atoms with van der Waals surface area (Å²) in [5, 5.41) is 40.3. The predicted molar refractivity (Wildman–Crippen MR) is 44.2 cm³/mol. The van der Waals surface area contributed by atoms with Crippen LogP contribution >= 0.6 is 0 Å². The molecule has 5 atom stereocenters. The summed E-state index contributed by atoms with van der Waals surface area (Å²) >= 11 is 0. The number of aliphatic hydroxyl groups is 3. The average molecular weight is 203 g/mol. The molecular formula is C8H13NO5. The van der Waals surface area contributed by atoms with Crippen molar-refractivity contribution in [3.05, 3.63) is 0 Å². The summed E-state index contributed by atoms with van der Waals surface area (Å²) in [6.45, 7) is 0. The Balaban J connectivity index is 2.29. The highest BCUT2D eigenvalue weighted by molar-refractivity contribution is 5.72. The maximum absolute atomic E-state index is 10.8. The number of aliphatic hydroxyl groups excluding tert-OH is 2. The van der Waals surface area contributed by atoms with Crippen LogP contribution in [0, 0.1) is 5.92 Å². The minimum absolute atomic E-state index is 0.264. The van der Waals surface area contributed by atoms with E-state index < -0.39 is 35.9 Å². The molecule has 6 heteroatoms. The van der Waals surface area contributed by atoms with Crippen LogP contribution in [0.4, 0.5) is 0 Å². The molecule has 5 N–H and O–H groups in total. The van der Waals surface area contributed by atoms with Crippen LogP contribution in [-0.2, 0) is 4.79 Å². The summed E-state index contributed by atoms with van der Waals surface area (Å²) in [5.41, 5.74) is -1.52. The number of carboxylic acid groups (broad SMARTS) is 1. The summed E-state index contributed by atoms with van der Waals surface area (Å²) in [7, 11) is 0. The minimum Gasteiger partial charge on any atom is -0.481 e. The number of hydrogen-bond donors (Lipinski definition) is 5. The summed E-state index contributed by atoms with van der Waals surface area (Å²) in [5.74, 6) is -2.20. The van der Waals surface area contributed by atoms with Crippen LogP contribution in [0.5, 0.6) is 0 Å². The van der Waals surface area contributed by atoms with Gasteiger partial charge >= 0.3 is 5.97 Å². The number of piperidine rings is 1. The maximum Gasteiger partial charge on any atom is 0.310 e. The van der Waals surface area contributed by atoms with Gasteiger partial charge in [0.1, 0.15) is 17.7 Å². The largest absolute Gasteiger partial charge is 0.481 e. The molecule has 2 fully saturated rings. The number of carboxylic acids is 1. The third-order valence-corrected chi connectivity index (χ3v) is 3.17. The third-order valence-electron chi connectivity index (χ3n) is 3.17. The van der Waals surface area contributed by atoms with E-state index in [1.807, 2.05) is 0 Å². The van der Waals surface area contributed by atoms with Crippen molar-refractivity contribution in [1.82, 2.24) is 5.32 Å². The molecule has 0 radical (unpaired) electrons. The first-order valence-corrected chi connectivity index (χ1v) is 4.55. The van der Waals surface area contributed by atoms with Crippen LogP contribution in [0.2, 0.25) is 0 Å². The van der Waals surface area contributed by atoms with E-state index in [-0.39, 0.29) is 6.42 Å². The average Bonchev–Trinajstić information content (AvgIpc) is 2.43. The Kier molecular flexibility index (Phi) is 2.04. The Morgan fingerprint density at radius 1 is 1.43 bits per heavy atom. The van der Waals surface area contributed by atoms with Crippen LogP contribution in [0.1, 0.15) is 12.8 Å². The van der Waals surface area contributed by atoms with Crippen molar-refractivity contribution < 1.29 is 25.2 Å². The lowest BCUT2D eigenvalue weighted by Crippen LogP contribution is -2.66. The quantitative estimate of drug-likeness (QED) is 0.333. The van der Waals surface area contributed by atoms with Crippen LogP contribution < -0.4 is 5.32 Å². The van der Waals surface area contributed by atoms with Gasteiger partial charge in [-0.15, -0.1) is 0 Å². The van der Waals surface area contributed by atoms with Gasteiger partial charge < -0.3 is 20.4 Å². The summed E-state index contributed by atoms with van der Waals surface area (Å²) in [6.07, 6.45) is -2.14. The maximum atomic E-state index is 10.8. The molecular weight excluding hydrogens is 190 g/mol. The molecule has 0 spiro atoms. The Morgan fingerprint density at radius 2 is 2.07 bits per heavy atom. The molecule has 2 saturated heterocycles. The number of carbonyl (C=O) groups is 1. The zero-order valence-electron chi connectivity index (χ0n) is 7.42. The standard InChI is InChI=1S/C8H13NO5/c10-5-4(7(12)13)3-1-2-8(14,9-3)6(5)11/h3-6,9-11,14H,1-2H2,(H,12,13). The Labute approximate surface area is 80.2 Å². The van der Waals surface area contributed by atoms with Gasteiger partial charge in [-0.2, -0.15) is 0 Å². The predicted octanol–water partition coefficient (Wildman–Crippen LogP) is -2.14. The van der Waals surface area contributed by atoms with Crippen molar-refractivity contribution >= 4 is 5.97 Å². The summed E-state index contributed by atoms with van der Waals surface area (Å²) < 4.78 is 0. The summed E-state index contributed by atoms with van der Waals surface area (Å²) in [4.78, 5) is 10.8. The van der Waals surface area contributed by atoms with Crippen molar-refractivity contribution in [1.29, 1.82) is 0 Å². The van der Waals surface area contributed by atoms with Gasteiger partial charge in [0.05, 0.1) is 6.10 Å². The van der Waals surface area contributed by atoms with Gasteiger partial charge in [0.15, 0.2) is 0 Å². The van der Waals surface area contributed by atoms with Gasteiger partial charge in [-0.3, -0.25) is 10.1 Å². The van der Waals surface area contributed by atoms with Crippen LogP contribution in [0.3, 0.4) is 0 Å². The van der Waals surface area contributed by atoms with E-state index in [2.05, 4.69) is 5.32 Å². The molecule has 6 nitrogen and oxygen atoms in total. The van der Waals surface area contributed by atoms with E-state index in [9.17, 15) is 20.1 Å². The fourth-order valence-corrected chi connectivity index (χ4v) is 2.38. The fourth-order valence-electron chi connectivity index (χ4n) is 2.38. The molecule has 0 saturated carbocycles. The second-order valence-corrected chi connectivity index (χ2v) is 4.01. The Morgan fingerprint density at radius 3 is 2.64 bits per heavy atom. The minimum atomic E-state index is -1.52. The molecule has 0 amide bonds. The van der Waals surface area contributed by atoms with Gasteiger partial charge in [0.2, 0.25) is 0 Å². The third kappa shape index (κ3) is 1.15. The normalized spacial score (nSPS) is 51.9. The summed E-state index contributed by atoms with van der Waals surface area (Å²) in [6, 6.07) is -0.462. The molecule has 2 heterocycles. The highest BCUT2D eigenvalue weighted by Crippen LogP contribution is 2.37. The Bertz CT molecular complexity index is 270. The van der Waals surface area contributed by atoms with E-state index in [1.54, 1.807) is 0 Å². The fraction of sp³-hybridized carbons (Fsp3) is 0.875. The monoisotopic (exact) mass is 203 g/mol. The molecule has 0 aromatic carbocycles. The van der Waals surface area contributed by atoms with Gasteiger partial charge in [0, 0.05) is 6.04 Å². The van der Waals surface area contributed by atoms with Crippen molar-refractivity contribution in [3.8, 4) is 0 Å². The molecule has 2 aliphatic rings. The molecule has 0 aliphatic carbocycles. The van der Waals surface area contributed by atoms with E-state index in [4.69, 9.17) is 5.11 Å². The second kappa shape index (κ2) is 2.90. The number of nitrogens with one attached hydrogen (secondary N) is 1. The number of hydrogen-bond acceptors (Lipinski definition) is 5. The van der Waals surface area contributed by atoms with E-state index in [0.29, 0.717) is 6.42 Å². The molecule has 5 unspecified atom stereocenters. The van der Waals surface area contributed by atoms with Crippen LogP contribution in [0.25, 0.3) is 0 Å². The molecule has 80 valence electrons. The van der Waals surface area contributed by atoms with Crippen molar-refractivity contribution in [3.63, 3.8) is 0 Å². The highest BCUT2D eigenvalue weighted by atomic mass is 16.4. The molecule has 2 rings (SSSR count). The molecule has 2 bridgehead atoms. The highest BCUT2D eigenvalue weighted by Gasteiger charge is 2.57. The lowest BCUT2D eigenvalue weighted by Gasteiger charge is -2.41. The molecule has 0 aromatic heterocycles. The number of rotatable bonds is 1. The van der Waals surface area contributed by atoms with E-state index in [1.165, 1.54) is 0 Å². The van der Waals surface area contributed by atoms with E-state index >= 15 is 0 Å². The smallest absolute Gasteiger partial charge is 0.310 e. The van der Waals surface area contributed by atoms with Gasteiger partial charge in [-0.25, -0.2) is 0 Å². The van der Waals surface area contributed by atoms with Gasteiger partial charge in [0.25, 0.3) is 0 Å². The van der Waals surface area contributed by atoms with Crippen LogP contribution in [0.15, 0.2) is 0 Å². The van der Waals surface area contributed by atoms with Crippen molar-refractivity contribution in [2.24, 2.45) is 5.92 Å². The number of aliphatic carboxylic acids is 1. The molecule has 2 aliphatic heterocycles. The zero-order valence-corrected chi connectivity index (χ0v) is 7.42.